The number of sulfone groups is 1. The molecular formula is C14H14N2O5S. The molecule has 22 heavy (non-hydrogen) atoms. The molecule has 0 bridgehead atoms. The van der Waals surface area contributed by atoms with E-state index in [2.05, 4.69) is 5.32 Å². The standard InChI is InChI=1S/C14H14N2O5S/c17-12(15-9-5-6-22(20,21)8-9)7-16-13(18)10-3-1-2-4-11(10)14(16)19/h1-4,9H,5-8H2,(H,15,17)/t9-/m1/s1. The molecule has 0 spiro atoms. The molecule has 0 saturated carbocycles. The van der Waals surface area contributed by atoms with E-state index in [4.69, 9.17) is 0 Å². The van der Waals surface area contributed by atoms with Crippen molar-refractivity contribution in [1.29, 1.82) is 0 Å². The molecule has 2 aliphatic heterocycles. The molecular weight excluding hydrogens is 308 g/mol. The van der Waals surface area contributed by atoms with E-state index >= 15 is 0 Å². The van der Waals surface area contributed by atoms with E-state index in [0.29, 0.717) is 6.42 Å². The summed E-state index contributed by atoms with van der Waals surface area (Å²) in [4.78, 5) is 37.1. The van der Waals surface area contributed by atoms with E-state index in [0.717, 1.165) is 4.90 Å². The van der Waals surface area contributed by atoms with Crippen LogP contribution in [-0.2, 0) is 14.6 Å². The van der Waals surface area contributed by atoms with Crippen LogP contribution >= 0.6 is 0 Å². The van der Waals surface area contributed by atoms with Gasteiger partial charge in [0.15, 0.2) is 9.84 Å². The molecule has 3 rings (SSSR count). The molecule has 0 radical (unpaired) electrons. The third-order valence-electron chi connectivity index (χ3n) is 3.78. The molecule has 1 aromatic rings. The maximum atomic E-state index is 12.1. The molecule has 8 heteroatoms. The van der Waals surface area contributed by atoms with Crippen molar-refractivity contribution in [1.82, 2.24) is 10.2 Å². The van der Waals surface area contributed by atoms with Gasteiger partial charge in [-0.05, 0) is 18.6 Å². The number of rotatable bonds is 3. The summed E-state index contributed by atoms with van der Waals surface area (Å²) >= 11 is 0. The average molecular weight is 322 g/mol. The number of amides is 3. The van der Waals surface area contributed by atoms with Crippen molar-refractivity contribution >= 4 is 27.6 Å². The predicted octanol–water partition coefficient (Wildman–Crippen LogP) is -0.414. The Hall–Kier alpha value is -2.22. The van der Waals surface area contributed by atoms with Crippen LogP contribution in [0, 0.1) is 0 Å². The lowest BCUT2D eigenvalue weighted by Crippen LogP contribution is -2.44. The van der Waals surface area contributed by atoms with Crippen molar-refractivity contribution in [2.24, 2.45) is 0 Å². The second kappa shape index (κ2) is 5.20. The van der Waals surface area contributed by atoms with Crippen molar-refractivity contribution < 1.29 is 22.8 Å². The van der Waals surface area contributed by atoms with Gasteiger partial charge >= 0.3 is 0 Å². The zero-order chi connectivity index (χ0) is 15.9. The van der Waals surface area contributed by atoms with Crippen LogP contribution in [0.15, 0.2) is 24.3 Å². The van der Waals surface area contributed by atoms with Crippen molar-refractivity contribution in [3.05, 3.63) is 35.4 Å². The van der Waals surface area contributed by atoms with Crippen LogP contribution < -0.4 is 5.32 Å². The second-order valence-electron chi connectivity index (χ2n) is 5.41. The van der Waals surface area contributed by atoms with Crippen LogP contribution in [0.5, 0.6) is 0 Å². The first-order valence-corrected chi connectivity index (χ1v) is 8.64. The number of benzene rings is 1. The maximum absolute atomic E-state index is 12.1. The fourth-order valence-electron chi connectivity index (χ4n) is 2.71. The SMILES string of the molecule is O=C(CN1C(=O)c2ccccc2C1=O)N[C@@H]1CCS(=O)(=O)C1. The second-order valence-corrected chi connectivity index (χ2v) is 7.64. The number of hydrogen-bond donors (Lipinski definition) is 1. The molecule has 116 valence electrons. The van der Waals surface area contributed by atoms with Gasteiger partial charge in [0.05, 0.1) is 22.6 Å². The van der Waals surface area contributed by atoms with E-state index < -0.39 is 40.1 Å². The summed E-state index contributed by atoms with van der Waals surface area (Å²) in [5.74, 6) is -1.59. The summed E-state index contributed by atoms with van der Waals surface area (Å²) in [5, 5.41) is 2.57. The summed E-state index contributed by atoms with van der Waals surface area (Å²) in [6.45, 7) is -0.400. The van der Waals surface area contributed by atoms with Gasteiger partial charge in [0.25, 0.3) is 11.8 Å². The van der Waals surface area contributed by atoms with E-state index in [1.54, 1.807) is 12.1 Å². The van der Waals surface area contributed by atoms with Crippen molar-refractivity contribution in [2.75, 3.05) is 18.1 Å². The van der Waals surface area contributed by atoms with Gasteiger partial charge in [-0.2, -0.15) is 0 Å². The number of carbonyl (C=O) groups excluding carboxylic acids is 3. The Bertz CT molecular complexity index is 736. The predicted molar refractivity (Wildman–Crippen MR) is 77.0 cm³/mol. The summed E-state index contributed by atoms with van der Waals surface area (Å²) in [6, 6.07) is 5.93. The van der Waals surface area contributed by atoms with Gasteiger partial charge in [0.2, 0.25) is 5.91 Å². The van der Waals surface area contributed by atoms with Gasteiger partial charge < -0.3 is 5.32 Å². The molecule has 1 aromatic carbocycles. The normalized spacial score (nSPS) is 22.7. The highest BCUT2D eigenvalue weighted by Crippen LogP contribution is 2.22. The lowest BCUT2D eigenvalue weighted by atomic mass is 10.1. The van der Waals surface area contributed by atoms with Crippen molar-refractivity contribution in [2.45, 2.75) is 12.5 Å². The van der Waals surface area contributed by atoms with E-state index in [1.165, 1.54) is 12.1 Å². The van der Waals surface area contributed by atoms with Gasteiger partial charge in [-0.3, -0.25) is 19.3 Å². The Morgan fingerprint density at radius 1 is 1.18 bits per heavy atom. The van der Waals surface area contributed by atoms with E-state index in [1.807, 2.05) is 0 Å². The minimum atomic E-state index is -3.10. The molecule has 0 aliphatic carbocycles. The summed E-state index contributed by atoms with van der Waals surface area (Å²) in [6.07, 6.45) is 0.357. The molecule has 2 heterocycles. The number of carbonyl (C=O) groups is 3. The molecule has 1 N–H and O–H groups in total. The number of nitrogens with zero attached hydrogens (tertiary/aromatic N) is 1. The molecule has 1 saturated heterocycles. The molecule has 7 nitrogen and oxygen atoms in total. The highest BCUT2D eigenvalue weighted by molar-refractivity contribution is 7.91. The molecule has 0 aromatic heterocycles. The van der Waals surface area contributed by atoms with Gasteiger partial charge in [-0.15, -0.1) is 0 Å². The summed E-state index contributed by atoms with van der Waals surface area (Å²) in [5.41, 5.74) is 0.562. The Morgan fingerprint density at radius 3 is 2.27 bits per heavy atom. The van der Waals surface area contributed by atoms with Crippen LogP contribution in [0.2, 0.25) is 0 Å². The van der Waals surface area contributed by atoms with Crippen LogP contribution in [0.1, 0.15) is 27.1 Å². The first-order valence-electron chi connectivity index (χ1n) is 6.82. The number of imide groups is 1. The monoisotopic (exact) mass is 322 g/mol. The van der Waals surface area contributed by atoms with Crippen LogP contribution in [0.25, 0.3) is 0 Å². The summed E-state index contributed by atoms with van der Waals surface area (Å²) < 4.78 is 22.7. The number of nitrogens with one attached hydrogen (secondary N) is 1. The Labute approximate surface area is 127 Å². The van der Waals surface area contributed by atoms with Gasteiger partial charge in [0.1, 0.15) is 6.54 Å². The fraction of sp³-hybridized carbons (Fsp3) is 0.357. The average Bonchev–Trinajstić information content (AvgIpc) is 2.92. The third-order valence-corrected chi connectivity index (χ3v) is 5.55. The zero-order valence-electron chi connectivity index (χ0n) is 11.6. The van der Waals surface area contributed by atoms with Crippen LogP contribution in [0.3, 0.4) is 0 Å². The lowest BCUT2D eigenvalue weighted by Gasteiger charge is -2.16. The molecule has 0 unspecified atom stereocenters. The zero-order valence-corrected chi connectivity index (χ0v) is 12.4. The number of hydrogen-bond acceptors (Lipinski definition) is 5. The minimum Gasteiger partial charge on any atom is -0.351 e. The van der Waals surface area contributed by atoms with Crippen molar-refractivity contribution in [3.8, 4) is 0 Å². The molecule has 3 amide bonds. The quantitative estimate of drug-likeness (QED) is 0.762. The third kappa shape index (κ3) is 2.61. The molecule has 2 aliphatic rings. The highest BCUT2D eigenvalue weighted by atomic mass is 32.2. The molecule has 1 fully saturated rings. The number of fused-ring (bicyclic) bond motifs is 1. The topological polar surface area (TPSA) is 101 Å². The first kappa shape index (κ1) is 14.7. The first-order chi connectivity index (χ1) is 10.4. The Morgan fingerprint density at radius 2 is 1.77 bits per heavy atom. The highest BCUT2D eigenvalue weighted by Gasteiger charge is 2.37. The molecule has 1 atom stereocenters. The van der Waals surface area contributed by atoms with Gasteiger partial charge in [0, 0.05) is 6.04 Å². The fourth-order valence-corrected chi connectivity index (χ4v) is 4.38. The smallest absolute Gasteiger partial charge is 0.262 e. The lowest BCUT2D eigenvalue weighted by molar-refractivity contribution is -0.121. The van der Waals surface area contributed by atoms with Crippen molar-refractivity contribution in [3.63, 3.8) is 0 Å². The summed E-state index contributed by atoms with van der Waals surface area (Å²) in [7, 11) is -3.10. The van der Waals surface area contributed by atoms with Gasteiger partial charge in [-0.25, -0.2) is 8.42 Å². The maximum Gasteiger partial charge on any atom is 0.262 e. The Kier molecular flexibility index (Phi) is 3.48. The minimum absolute atomic E-state index is 0.0466. The van der Waals surface area contributed by atoms with Gasteiger partial charge in [-0.1, -0.05) is 12.1 Å². The van der Waals surface area contributed by atoms with E-state index in [-0.39, 0.29) is 22.6 Å². The van der Waals surface area contributed by atoms with E-state index in [9.17, 15) is 22.8 Å². The van der Waals surface area contributed by atoms with Crippen LogP contribution in [-0.4, -0.2) is 55.1 Å². The Balaban J connectivity index is 1.66. The largest absolute Gasteiger partial charge is 0.351 e. The van der Waals surface area contributed by atoms with Crippen LogP contribution in [0.4, 0.5) is 0 Å².